The minimum absolute atomic E-state index is 0.0687. The topological polar surface area (TPSA) is 102 Å². The summed E-state index contributed by atoms with van der Waals surface area (Å²) in [6.45, 7) is 1.14. The molecule has 0 aliphatic carbocycles. The number of amidine groups is 1. The predicted molar refractivity (Wildman–Crippen MR) is 103 cm³/mol. The fourth-order valence-electron chi connectivity index (χ4n) is 3.11. The lowest BCUT2D eigenvalue weighted by Gasteiger charge is -2.34. The van der Waals surface area contributed by atoms with Gasteiger partial charge in [0.05, 0.1) is 11.9 Å². The largest absolute Gasteiger partial charge is 0.489 e. The number of carbonyl (C=O) groups is 1. The highest BCUT2D eigenvalue weighted by Gasteiger charge is 2.23. The van der Waals surface area contributed by atoms with Gasteiger partial charge in [-0.15, -0.1) is 0 Å². The third kappa shape index (κ3) is 5.18. The van der Waals surface area contributed by atoms with Crippen LogP contribution in [0.15, 0.2) is 42.7 Å². The Balaban J connectivity index is 1.57. The number of aromatic nitrogens is 1. The molecule has 0 amide bonds. The van der Waals surface area contributed by atoms with Gasteiger partial charge >= 0.3 is 5.97 Å². The summed E-state index contributed by atoms with van der Waals surface area (Å²) in [5.41, 5.74) is 5.94. The molecule has 28 heavy (non-hydrogen) atoms. The number of nitrogens with two attached hydrogens (primary N) is 1. The number of benzene rings is 1. The molecule has 0 atom stereocenters. The maximum absolute atomic E-state index is 14.9. The molecule has 1 fully saturated rings. The van der Waals surface area contributed by atoms with Gasteiger partial charge in [-0.1, -0.05) is 12.1 Å². The maximum Gasteiger partial charge on any atom is 0.313 e. The van der Waals surface area contributed by atoms with E-state index < -0.39 is 11.8 Å². The molecule has 0 saturated carbocycles. The van der Waals surface area contributed by atoms with Gasteiger partial charge in [0.15, 0.2) is 5.82 Å². The van der Waals surface area contributed by atoms with Gasteiger partial charge in [0, 0.05) is 37.7 Å². The third-order valence-electron chi connectivity index (χ3n) is 4.50. The van der Waals surface area contributed by atoms with Gasteiger partial charge in [0.25, 0.3) is 0 Å². The Labute approximate surface area is 162 Å². The Hall–Kier alpha value is -3.16. The van der Waals surface area contributed by atoms with Crippen LogP contribution in [0, 0.1) is 11.2 Å². The number of hydrogen-bond acceptors (Lipinski definition) is 6. The van der Waals surface area contributed by atoms with Crippen LogP contribution in [0.2, 0.25) is 0 Å². The van der Waals surface area contributed by atoms with Crippen molar-refractivity contribution in [3.8, 4) is 5.75 Å². The van der Waals surface area contributed by atoms with Crippen molar-refractivity contribution in [2.45, 2.75) is 32.0 Å². The van der Waals surface area contributed by atoms with Gasteiger partial charge in [0.2, 0.25) is 0 Å². The molecule has 1 aromatic carbocycles. The number of esters is 1. The summed E-state index contributed by atoms with van der Waals surface area (Å²) >= 11 is 0. The summed E-state index contributed by atoms with van der Waals surface area (Å²) in [4.78, 5) is 17.5. The van der Waals surface area contributed by atoms with Crippen molar-refractivity contribution < 1.29 is 18.7 Å². The summed E-state index contributed by atoms with van der Waals surface area (Å²) in [6.07, 6.45) is 4.69. The second-order valence-corrected chi connectivity index (χ2v) is 6.61. The SMILES string of the molecule is N=C(N)CC(=O)OCc1cccc(N2CCC(Oc3cccnc3)CC2)c1F. The molecule has 0 bridgehead atoms. The molecule has 148 valence electrons. The molecule has 3 N–H and O–H groups in total. The minimum Gasteiger partial charge on any atom is -0.489 e. The van der Waals surface area contributed by atoms with Crippen LogP contribution >= 0.6 is 0 Å². The molecule has 1 saturated heterocycles. The number of carbonyl (C=O) groups excluding carboxylic acids is 1. The first-order valence-corrected chi connectivity index (χ1v) is 9.10. The molecule has 3 rings (SSSR count). The van der Waals surface area contributed by atoms with E-state index in [1.807, 2.05) is 17.0 Å². The highest BCUT2D eigenvalue weighted by Crippen LogP contribution is 2.27. The molecule has 1 aliphatic heterocycles. The van der Waals surface area contributed by atoms with E-state index in [2.05, 4.69) is 4.98 Å². The molecular weight excluding hydrogens is 363 g/mol. The molecule has 1 aromatic heterocycles. The van der Waals surface area contributed by atoms with Crippen LogP contribution in [-0.4, -0.2) is 36.0 Å². The van der Waals surface area contributed by atoms with Crippen molar-refractivity contribution in [1.82, 2.24) is 4.98 Å². The van der Waals surface area contributed by atoms with E-state index in [4.69, 9.17) is 20.6 Å². The average molecular weight is 386 g/mol. The highest BCUT2D eigenvalue weighted by molar-refractivity contribution is 5.94. The lowest BCUT2D eigenvalue weighted by Crippen LogP contribution is -2.38. The fraction of sp³-hybridized carbons (Fsp3) is 0.350. The van der Waals surface area contributed by atoms with Crippen LogP contribution in [0.4, 0.5) is 10.1 Å². The highest BCUT2D eigenvalue weighted by atomic mass is 19.1. The van der Waals surface area contributed by atoms with Crippen LogP contribution in [0.25, 0.3) is 0 Å². The number of pyridine rings is 1. The number of piperidine rings is 1. The van der Waals surface area contributed by atoms with E-state index in [9.17, 15) is 9.18 Å². The van der Waals surface area contributed by atoms with E-state index in [1.54, 1.807) is 30.6 Å². The molecule has 2 heterocycles. The van der Waals surface area contributed by atoms with Gasteiger partial charge in [-0.25, -0.2) is 4.39 Å². The number of nitrogens with one attached hydrogen (secondary N) is 1. The lowest BCUT2D eigenvalue weighted by molar-refractivity contribution is -0.143. The van der Waals surface area contributed by atoms with Crippen LogP contribution in [0.5, 0.6) is 5.75 Å². The van der Waals surface area contributed by atoms with E-state index in [-0.39, 0.29) is 25.0 Å². The number of hydrogen-bond donors (Lipinski definition) is 2. The first kappa shape index (κ1) is 19.6. The van der Waals surface area contributed by atoms with Crippen LogP contribution in [-0.2, 0) is 16.1 Å². The van der Waals surface area contributed by atoms with E-state index >= 15 is 0 Å². The third-order valence-corrected chi connectivity index (χ3v) is 4.50. The second kappa shape index (κ2) is 9.16. The zero-order valence-corrected chi connectivity index (χ0v) is 15.4. The van der Waals surface area contributed by atoms with E-state index in [0.29, 0.717) is 24.3 Å². The summed E-state index contributed by atoms with van der Waals surface area (Å²) in [6, 6.07) is 8.74. The quantitative estimate of drug-likeness (QED) is 0.431. The number of anilines is 1. The summed E-state index contributed by atoms with van der Waals surface area (Å²) < 4.78 is 25.8. The maximum atomic E-state index is 14.9. The Morgan fingerprint density at radius 1 is 1.29 bits per heavy atom. The minimum atomic E-state index is -0.648. The molecule has 8 heteroatoms. The zero-order chi connectivity index (χ0) is 19.9. The van der Waals surface area contributed by atoms with E-state index in [1.165, 1.54) is 0 Å². The number of nitrogens with zero attached hydrogens (tertiary/aromatic N) is 2. The molecule has 7 nitrogen and oxygen atoms in total. The van der Waals surface area contributed by atoms with Crippen molar-refractivity contribution in [2.24, 2.45) is 5.73 Å². The average Bonchev–Trinajstić information content (AvgIpc) is 2.68. The van der Waals surface area contributed by atoms with Crippen LogP contribution in [0.1, 0.15) is 24.8 Å². The van der Waals surface area contributed by atoms with Gasteiger partial charge in [-0.3, -0.25) is 15.2 Å². The molecule has 0 spiro atoms. The summed E-state index contributed by atoms with van der Waals surface area (Å²) in [5, 5.41) is 7.09. The predicted octanol–water partition coefficient (Wildman–Crippen LogP) is 2.64. The Morgan fingerprint density at radius 3 is 2.75 bits per heavy atom. The van der Waals surface area contributed by atoms with Crippen molar-refractivity contribution >= 4 is 17.5 Å². The smallest absolute Gasteiger partial charge is 0.313 e. The first-order valence-electron chi connectivity index (χ1n) is 9.10. The van der Waals surface area contributed by atoms with Gasteiger partial charge in [0.1, 0.15) is 30.7 Å². The van der Waals surface area contributed by atoms with Gasteiger partial charge < -0.3 is 20.1 Å². The van der Waals surface area contributed by atoms with Gasteiger partial charge in [-0.05, 0) is 18.2 Å². The Bertz CT molecular complexity index is 823. The first-order chi connectivity index (χ1) is 13.5. The molecular formula is C20H23FN4O3. The Kier molecular flexibility index (Phi) is 6.41. The van der Waals surface area contributed by atoms with Crippen LogP contribution in [0.3, 0.4) is 0 Å². The number of ether oxygens (including phenoxy) is 2. The summed E-state index contributed by atoms with van der Waals surface area (Å²) in [5.74, 6) is -0.590. The number of rotatable bonds is 7. The molecule has 0 radical (unpaired) electrons. The lowest BCUT2D eigenvalue weighted by atomic mass is 10.1. The Morgan fingerprint density at radius 2 is 2.07 bits per heavy atom. The molecule has 2 aromatic rings. The zero-order valence-electron chi connectivity index (χ0n) is 15.4. The van der Waals surface area contributed by atoms with Crippen molar-refractivity contribution in [3.05, 3.63) is 54.1 Å². The monoisotopic (exact) mass is 386 g/mol. The van der Waals surface area contributed by atoms with Crippen molar-refractivity contribution in [3.63, 3.8) is 0 Å². The van der Waals surface area contributed by atoms with Crippen LogP contribution < -0.4 is 15.4 Å². The standard InChI is InChI=1S/C20H23FN4O3/c21-20-14(13-27-19(26)11-18(22)23)3-1-5-17(20)25-9-6-15(7-10-25)28-16-4-2-8-24-12-16/h1-5,8,12,15H,6-7,9-11,13H2,(H3,22,23). The number of halogens is 1. The van der Waals surface area contributed by atoms with Crippen molar-refractivity contribution in [1.29, 1.82) is 5.41 Å². The van der Waals surface area contributed by atoms with Crippen molar-refractivity contribution in [2.75, 3.05) is 18.0 Å². The summed E-state index contributed by atoms with van der Waals surface area (Å²) in [7, 11) is 0. The molecule has 1 aliphatic rings. The normalized spacial score (nSPS) is 14.5. The fourth-order valence-corrected chi connectivity index (χ4v) is 3.11. The van der Waals surface area contributed by atoms with Gasteiger partial charge in [-0.2, -0.15) is 0 Å². The second-order valence-electron chi connectivity index (χ2n) is 6.61. The van der Waals surface area contributed by atoms with E-state index in [0.717, 1.165) is 18.6 Å². The molecule has 0 unspecified atom stereocenters.